The smallest absolute Gasteiger partial charge is 0.394 e. The summed E-state index contributed by atoms with van der Waals surface area (Å²) in [5.41, 5.74) is -4.44. The minimum absolute atomic E-state index is 0.113. The number of aliphatic hydroxyl groups is 6. The van der Waals surface area contributed by atoms with Gasteiger partial charge in [0, 0.05) is 193 Å². The normalized spacial score (nSPS) is 35.6. The highest BCUT2D eigenvalue weighted by atomic mass is 33.1. The van der Waals surface area contributed by atoms with Crippen LogP contribution in [0.1, 0.15) is 137 Å². The van der Waals surface area contributed by atoms with Gasteiger partial charge in [0.1, 0.15) is 34.5 Å². The van der Waals surface area contributed by atoms with Crippen molar-refractivity contribution in [3.63, 3.8) is 0 Å². The van der Waals surface area contributed by atoms with Crippen molar-refractivity contribution in [3.05, 3.63) is 142 Å². The lowest BCUT2D eigenvalue weighted by molar-refractivity contribution is -0.203. The molecule has 4 bridgehead atoms. The van der Waals surface area contributed by atoms with E-state index in [1.165, 1.54) is 35.8 Å². The SMILES string of the molecule is CC[C@]1(O)C[C@@H]2CN(CCc3c([nH]c4ccccc34)[C@@](C(=O)OC)(c3cc4c(cc3OC)N(C)[C@H]3C(O)(C(=O)NCCSSCCNC(=O)C5(O)[C@H](O)[C@]6(CC)C=CCN7CC[C@@]8(c9cc([C@@]%10(C(=O)OC)C[C@H]%11CN(CCc%12c%10[nH]c%10ccccc%12%10)C[C@](O)(CC)C%11)c(OC)cc9N(C)[C@@H]58)C76)[C@H](O)[C@]5(CC)C=CCN6CC[C@]43C65)C2)C1.O=S(=O)(O)O.O=S(=O)(O)O. The Balaban J connectivity index is 0.00000111. The van der Waals surface area contributed by atoms with E-state index in [2.05, 4.69) is 76.6 Å². The largest absolute Gasteiger partial charge is 0.496 e. The van der Waals surface area contributed by atoms with E-state index in [4.69, 9.17) is 54.0 Å². The van der Waals surface area contributed by atoms with Gasteiger partial charge in [-0.1, -0.05) is 110 Å². The van der Waals surface area contributed by atoms with E-state index >= 15 is 19.2 Å². The van der Waals surface area contributed by atoms with Gasteiger partial charge in [-0.2, -0.15) is 16.8 Å². The van der Waals surface area contributed by atoms with E-state index in [0.717, 1.165) is 66.8 Å². The van der Waals surface area contributed by atoms with Crippen molar-refractivity contribution in [2.45, 2.75) is 185 Å². The Labute approximate surface area is 742 Å². The first-order chi connectivity index (χ1) is 59.7. The van der Waals surface area contributed by atoms with Crippen LogP contribution in [-0.4, -0.2) is 310 Å². The molecule has 2 amide bonds. The lowest BCUT2D eigenvalue weighted by atomic mass is 9.47. The molecule has 0 radical (unpaired) electrons. The second-order valence-corrected chi connectivity index (χ2v) is 41.8. The van der Waals surface area contributed by atoms with Crippen LogP contribution in [0.5, 0.6) is 11.5 Å². The van der Waals surface area contributed by atoms with Crippen molar-refractivity contribution in [1.82, 2.24) is 40.2 Å². The first-order valence-corrected chi connectivity index (χ1v) is 49.1. The third-order valence-electron chi connectivity index (χ3n) is 31.4. The number of carbonyl (C=O) groups excluding carboxylic acids is 4. The van der Waals surface area contributed by atoms with Crippen molar-refractivity contribution in [2.24, 2.45) is 22.7 Å². The number of hydrogen-bond acceptors (Lipinski definition) is 26. The number of fused-ring (bicyclic) bond motifs is 12. The number of likely N-dealkylation sites (N-methyl/N-ethyl adjacent to an activating group) is 2. The van der Waals surface area contributed by atoms with Crippen molar-refractivity contribution < 1.29 is 104 Å². The van der Waals surface area contributed by atoms with Crippen LogP contribution in [0.25, 0.3) is 21.8 Å². The second-order valence-electron chi connectivity index (χ2n) is 37.3. The van der Waals surface area contributed by atoms with E-state index < -0.39 is 124 Å². The molecule has 18 rings (SSSR count). The van der Waals surface area contributed by atoms with Crippen LogP contribution < -0.4 is 29.9 Å². The number of carbonyl (C=O) groups is 4. The maximum atomic E-state index is 15.8. The van der Waals surface area contributed by atoms with E-state index in [1.54, 1.807) is 14.2 Å². The molecule has 36 heteroatoms. The third-order valence-corrected chi connectivity index (χ3v) is 33.8. The van der Waals surface area contributed by atoms with Crippen molar-refractivity contribution in [3.8, 4) is 11.5 Å². The first kappa shape index (κ1) is 91.9. The zero-order chi connectivity index (χ0) is 90.4. The second kappa shape index (κ2) is 33.4. The lowest BCUT2D eigenvalue weighted by Gasteiger charge is -2.63. The number of methoxy groups -OCH3 is 4. The number of nitrogens with one attached hydrogen (secondary N) is 4. The molecule has 20 atom stereocenters. The number of aliphatic hydroxyl groups excluding tert-OH is 2. The van der Waals surface area contributed by atoms with Crippen LogP contribution in [0.3, 0.4) is 0 Å². The number of benzene rings is 4. The fourth-order valence-corrected chi connectivity index (χ4v) is 28.7. The van der Waals surface area contributed by atoms with E-state index in [9.17, 15) is 30.6 Å². The molecule has 126 heavy (non-hydrogen) atoms. The molecule has 12 aliphatic rings. The van der Waals surface area contributed by atoms with Gasteiger partial charge in [0.2, 0.25) is 0 Å². The molecule has 4 aromatic carbocycles. The Kier molecular flexibility index (Phi) is 24.4. The Morgan fingerprint density at radius 3 is 1.24 bits per heavy atom. The average molecular weight is 1820 g/mol. The summed E-state index contributed by atoms with van der Waals surface area (Å²) in [6.45, 7) is 14.5. The van der Waals surface area contributed by atoms with Crippen LogP contribution in [0.4, 0.5) is 11.4 Å². The van der Waals surface area contributed by atoms with Crippen molar-refractivity contribution in [1.29, 1.82) is 0 Å². The fraction of sp³-hybridized carbons (Fsp3) is 0.600. The van der Waals surface area contributed by atoms with Crippen LogP contribution in [0.15, 0.2) is 97.1 Å². The molecule has 2 aliphatic carbocycles. The van der Waals surface area contributed by atoms with E-state index in [1.807, 2.05) is 112 Å². The molecule has 6 aromatic rings. The summed E-state index contributed by atoms with van der Waals surface area (Å²) >= 11 is 0. The zero-order valence-corrected chi connectivity index (χ0v) is 76.2. The Morgan fingerprint density at radius 2 is 0.889 bits per heavy atom. The van der Waals surface area contributed by atoms with Gasteiger partial charge in [-0.15, -0.1) is 0 Å². The number of amides is 2. The number of anilines is 2. The molecule has 2 aromatic heterocycles. The highest BCUT2D eigenvalue weighted by Crippen LogP contribution is 2.71. The molecule has 4 saturated heterocycles. The maximum Gasteiger partial charge on any atom is 0.394 e. The topological polar surface area (TPSA) is 451 Å². The summed E-state index contributed by atoms with van der Waals surface area (Å²) in [7, 11) is 3.47. The van der Waals surface area contributed by atoms with E-state index in [-0.39, 0.29) is 49.9 Å². The summed E-state index contributed by atoms with van der Waals surface area (Å²) < 4.78 is 88.4. The standard InChI is InChI=1S/C90H116N10O14S2.2H2O4S/c1-11-81(107)45-53-47-87(79(105)113-9,69-57(25-35-97(49-53)51-81)55-21-15-17-23-63(55)93-69)61-41-59-65(43-67(61)111-7)95(5)73-85(59)29-37-99-33-19-27-83(13-3,71(85)99)75(101)89(73,109)77(103)91-31-39-115-116-40-32-92-78(104)90(110)74-86(30-38-100-34-20-28-84(14-4,72(86)100)76(90)102)60-42-62(68(112-8)44-66(60)96(74)6)88(80(106)114-10)48-54-46-82(108,12-2)52-98(50-54)36-26-58-56-22-16-18-24-64(56)94-70(58)88;2*1-5(2,3)4/h15-24,27-28,41-44,53-54,71-76,93-94,101-102,107-110H,11-14,25-26,29-40,45-52H2,1-10H3,(H,91,103)(H,92,104);2*(H2,1,2,3,4)/t53-,54-,71?,72?,73+,74+,75+,76+,81-,82-,83+,84+,85+,86+,87-,88-,89?,90?;;/m0../s1. The highest BCUT2D eigenvalue weighted by Gasteiger charge is 2.81. The van der Waals surface area contributed by atoms with Gasteiger partial charge >= 0.3 is 32.7 Å². The predicted octanol–water partition coefficient (Wildman–Crippen LogP) is 5.82. The molecule has 2 spiro atoms. The molecule has 6 fully saturated rings. The number of nitrogens with zero attached hydrogens (tertiary/aromatic N) is 6. The number of aromatic amines is 2. The minimum atomic E-state index is -4.67. The molecule has 6 unspecified atom stereocenters. The van der Waals surface area contributed by atoms with Crippen LogP contribution in [-0.2, 0) is 84.0 Å². The van der Waals surface area contributed by atoms with Gasteiger partial charge in [0.15, 0.2) is 11.2 Å². The number of aromatic nitrogens is 2. The van der Waals surface area contributed by atoms with Crippen LogP contribution in [0.2, 0.25) is 0 Å². The molecule has 32 nitrogen and oxygen atoms in total. The van der Waals surface area contributed by atoms with Crippen LogP contribution in [0, 0.1) is 22.7 Å². The Morgan fingerprint density at radius 1 is 0.516 bits per heavy atom. The predicted molar refractivity (Wildman–Crippen MR) is 477 cm³/mol. The molecule has 2 saturated carbocycles. The molecular formula is C90H120N10O22S4. The molecule has 10 aliphatic heterocycles. The number of piperidine rings is 2. The Bertz CT molecular complexity index is 5220. The Hall–Kier alpha value is -7.44. The summed E-state index contributed by atoms with van der Waals surface area (Å²) in [6, 6.07) is 21.7. The monoisotopic (exact) mass is 1820 g/mol. The quantitative estimate of drug-likeness (QED) is 0.0149. The number of hydrogen-bond donors (Lipinski definition) is 14. The molecular weight excluding hydrogens is 1700 g/mol. The highest BCUT2D eigenvalue weighted by molar-refractivity contribution is 8.76. The molecule has 12 heterocycles. The van der Waals surface area contributed by atoms with Gasteiger partial charge in [-0.25, -0.2) is 0 Å². The number of para-hydroxylation sites is 2. The average Bonchev–Trinajstić information content (AvgIpc) is 1.48. The number of esters is 2. The van der Waals surface area contributed by atoms with Crippen LogP contribution >= 0.6 is 21.6 Å². The van der Waals surface area contributed by atoms with Gasteiger partial charge in [0.25, 0.3) is 11.8 Å². The summed E-state index contributed by atoms with van der Waals surface area (Å²) in [6.07, 6.45) is 10.7. The van der Waals surface area contributed by atoms with Gasteiger partial charge in [0.05, 0.1) is 51.7 Å². The van der Waals surface area contributed by atoms with E-state index in [0.29, 0.717) is 164 Å². The first-order valence-electron chi connectivity index (χ1n) is 43.8. The number of rotatable bonds is 19. The van der Waals surface area contributed by atoms with Crippen molar-refractivity contribution in [2.75, 3.05) is 142 Å². The molecule has 14 N–H and O–H groups in total. The summed E-state index contributed by atoms with van der Waals surface area (Å²) in [5.74, 6) is -1.05. The summed E-state index contributed by atoms with van der Waals surface area (Å²) in [5, 5.41) is 87.6. The number of ether oxygens (including phenoxy) is 4. The van der Waals surface area contributed by atoms with Gasteiger partial charge < -0.3 is 80.0 Å². The lowest BCUT2D eigenvalue weighted by Crippen LogP contribution is -2.81. The summed E-state index contributed by atoms with van der Waals surface area (Å²) in [4.78, 5) is 84.1. The maximum absolute atomic E-state index is 15.8. The third kappa shape index (κ3) is 14.2. The fourth-order valence-electron chi connectivity index (χ4n) is 26.9. The van der Waals surface area contributed by atoms with Crippen molar-refractivity contribution >= 4 is 99.3 Å². The van der Waals surface area contributed by atoms with Gasteiger partial charge in [-0.3, -0.25) is 57.0 Å². The number of H-pyrrole nitrogens is 2. The van der Waals surface area contributed by atoms with Gasteiger partial charge in [-0.05, 0) is 148 Å². The zero-order valence-electron chi connectivity index (χ0n) is 72.9. The minimum Gasteiger partial charge on any atom is -0.496 e. The molecule has 686 valence electrons.